The summed E-state index contributed by atoms with van der Waals surface area (Å²) < 4.78 is 0. The van der Waals surface area contributed by atoms with E-state index in [1.165, 1.54) is 6.42 Å². The van der Waals surface area contributed by atoms with E-state index in [-0.39, 0.29) is 25.9 Å². The lowest BCUT2D eigenvalue weighted by Crippen LogP contribution is -1.89. The Balaban J connectivity index is -0.0000000160. The highest BCUT2D eigenvalue weighted by atomic mass is 35.5. The molecule has 0 aliphatic heterocycles. The Morgan fingerprint density at radius 2 is 1.12 bits per heavy atom. The van der Waals surface area contributed by atoms with Gasteiger partial charge in [0.25, 0.3) is 0 Å². The lowest BCUT2D eigenvalue weighted by atomic mass is 10.6. The molecule has 0 amide bonds. The molecule has 1 N–H and O–H groups in total. The SMILES string of the molecule is CCC.CNC.Cl.S. The van der Waals surface area contributed by atoms with Crippen LogP contribution in [0.3, 0.4) is 0 Å². The fourth-order valence-electron chi connectivity index (χ4n) is 0. The first-order valence-corrected chi connectivity index (χ1v) is 2.41. The summed E-state index contributed by atoms with van der Waals surface area (Å²) in [6.45, 7) is 4.25. The van der Waals surface area contributed by atoms with Crippen molar-refractivity contribution in [3.63, 3.8) is 0 Å². The minimum atomic E-state index is 0. The van der Waals surface area contributed by atoms with Gasteiger partial charge < -0.3 is 5.32 Å². The molecule has 0 rings (SSSR count). The van der Waals surface area contributed by atoms with E-state index in [0.29, 0.717) is 0 Å². The van der Waals surface area contributed by atoms with Crippen LogP contribution in [0.5, 0.6) is 0 Å². The first-order chi connectivity index (χ1) is 2.83. The monoisotopic (exact) mass is 159 g/mol. The fourth-order valence-corrected chi connectivity index (χ4v) is 0. The molecule has 0 bridgehead atoms. The summed E-state index contributed by atoms with van der Waals surface area (Å²) >= 11 is 0. The number of hydrogen-bond donors (Lipinski definition) is 1. The molecule has 1 nitrogen and oxygen atoms in total. The van der Waals surface area contributed by atoms with Crippen molar-refractivity contribution in [2.24, 2.45) is 0 Å². The van der Waals surface area contributed by atoms with Crippen molar-refractivity contribution in [3.05, 3.63) is 0 Å². The van der Waals surface area contributed by atoms with Gasteiger partial charge in [0.15, 0.2) is 0 Å². The van der Waals surface area contributed by atoms with E-state index in [1.54, 1.807) is 0 Å². The maximum absolute atomic E-state index is 2.75. The topological polar surface area (TPSA) is 12.0 Å². The first-order valence-electron chi connectivity index (χ1n) is 2.41. The van der Waals surface area contributed by atoms with Gasteiger partial charge in [-0.25, -0.2) is 0 Å². The van der Waals surface area contributed by atoms with E-state index in [0.717, 1.165) is 0 Å². The zero-order valence-electron chi connectivity index (χ0n) is 6.12. The zero-order valence-corrected chi connectivity index (χ0v) is 7.93. The van der Waals surface area contributed by atoms with Crippen LogP contribution in [0.15, 0.2) is 0 Å². The van der Waals surface area contributed by atoms with Gasteiger partial charge in [0.1, 0.15) is 0 Å². The van der Waals surface area contributed by atoms with Crippen LogP contribution >= 0.6 is 25.9 Å². The summed E-state index contributed by atoms with van der Waals surface area (Å²) in [5.74, 6) is 0. The molecule has 0 unspecified atom stereocenters. The molecule has 0 aromatic rings. The smallest absolute Gasteiger partial charge is 0.0167 e. The summed E-state index contributed by atoms with van der Waals surface area (Å²) in [4.78, 5) is 0. The lowest BCUT2D eigenvalue weighted by Gasteiger charge is -1.59. The normalized spacial score (nSPS) is 4.50. The molecule has 8 heavy (non-hydrogen) atoms. The van der Waals surface area contributed by atoms with Gasteiger partial charge in [-0.05, 0) is 14.1 Å². The Bertz CT molecular complexity index is 14.4. The van der Waals surface area contributed by atoms with Gasteiger partial charge in [-0.15, -0.1) is 12.4 Å². The van der Waals surface area contributed by atoms with Crippen LogP contribution in [-0.4, -0.2) is 14.1 Å². The van der Waals surface area contributed by atoms with Crippen LogP contribution in [0.1, 0.15) is 20.3 Å². The van der Waals surface area contributed by atoms with Crippen molar-refractivity contribution in [2.75, 3.05) is 14.1 Å². The van der Waals surface area contributed by atoms with Gasteiger partial charge in [0.2, 0.25) is 0 Å². The molecule has 3 heteroatoms. The van der Waals surface area contributed by atoms with Crippen LogP contribution in [0.2, 0.25) is 0 Å². The van der Waals surface area contributed by atoms with E-state index in [1.807, 2.05) is 14.1 Å². The highest BCUT2D eigenvalue weighted by molar-refractivity contribution is 7.59. The van der Waals surface area contributed by atoms with Crippen molar-refractivity contribution in [2.45, 2.75) is 20.3 Å². The van der Waals surface area contributed by atoms with E-state index in [2.05, 4.69) is 19.2 Å². The maximum Gasteiger partial charge on any atom is -0.0167 e. The largest absolute Gasteiger partial charge is 0.323 e. The molecule has 56 valence electrons. The Morgan fingerprint density at radius 1 is 1.12 bits per heavy atom. The Labute approximate surface area is 66.1 Å². The van der Waals surface area contributed by atoms with Crippen molar-refractivity contribution in [1.82, 2.24) is 5.32 Å². The summed E-state index contributed by atoms with van der Waals surface area (Å²) in [7, 11) is 3.75. The summed E-state index contributed by atoms with van der Waals surface area (Å²) in [6, 6.07) is 0. The second-order valence-corrected chi connectivity index (χ2v) is 1.21. The average Bonchev–Trinajstić information content (AvgIpc) is 1.39. The summed E-state index contributed by atoms with van der Waals surface area (Å²) in [5.41, 5.74) is 0. The molecule has 0 saturated heterocycles. The van der Waals surface area contributed by atoms with E-state index in [4.69, 9.17) is 0 Å². The molecule has 0 fully saturated rings. The molecular formula is C5H18ClNS. The molecule has 0 aromatic carbocycles. The minimum absolute atomic E-state index is 0. The van der Waals surface area contributed by atoms with Gasteiger partial charge in [-0.2, -0.15) is 13.5 Å². The highest BCUT2D eigenvalue weighted by Gasteiger charge is 1.35. The predicted octanol–water partition coefficient (Wildman–Crippen LogP) is 1.79. The Morgan fingerprint density at radius 3 is 1.12 bits per heavy atom. The molecule has 0 radical (unpaired) electrons. The molecule has 0 spiro atoms. The number of halogens is 1. The fraction of sp³-hybridized carbons (Fsp3) is 1.00. The number of hydrogen-bond acceptors (Lipinski definition) is 1. The molecular weight excluding hydrogens is 142 g/mol. The van der Waals surface area contributed by atoms with Crippen molar-refractivity contribution in [1.29, 1.82) is 0 Å². The van der Waals surface area contributed by atoms with Crippen LogP contribution in [0.4, 0.5) is 0 Å². The molecule has 0 saturated carbocycles. The van der Waals surface area contributed by atoms with Crippen molar-refractivity contribution >= 4 is 25.9 Å². The maximum atomic E-state index is 2.75. The summed E-state index contributed by atoms with van der Waals surface area (Å²) in [5, 5.41) is 2.75. The Kier molecular flexibility index (Phi) is 144. The predicted molar refractivity (Wildman–Crippen MR) is 48.6 cm³/mol. The van der Waals surface area contributed by atoms with Crippen molar-refractivity contribution < 1.29 is 0 Å². The van der Waals surface area contributed by atoms with Gasteiger partial charge in [-0.1, -0.05) is 20.3 Å². The van der Waals surface area contributed by atoms with E-state index >= 15 is 0 Å². The number of rotatable bonds is 0. The van der Waals surface area contributed by atoms with Crippen LogP contribution in [0.25, 0.3) is 0 Å². The van der Waals surface area contributed by atoms with Gasteiger partial charge >= 0.3 is 0 Å². The van der Waals surface area contributed by atoms with E-state index in [9.17, 15) is 0 Å². The minimum Gasteiger partial charge on any atom is -0.323 e. The zero-order chi connectivity index (χ0) is 5.41. The van der Waals surface area contributed by atoms with Crippen molar-refractivity contribution in [3.8, 4) is 0 Å². The van der Waals surface area contributed by atoms with Crippen LogP contribution < -0.4 is 5.32 Å². The lowest BCUT2D eigenvalue weighted by molar-refractivity contribution is 1.02. The molecule has 0 heterocycles. The van der Waals surface area contributed by atoms with Crippen LogP contribution in [0, 0.1) is 0 Å². The molecule has 0 aromatic heterocycles. The van der Waals surface area contributed by atoms with E-state index < -0.39 is 0 Å². The summed E-state index contributed by atoms with van der Waals surface area (Å²) in [6.07, 6.45) is 1.25. The third-order valence-electron chi connectivity index (χ3n) is 0. The van der Waals surface area contributed by atoms with Crippen LogP contribution in [-0.2, 0) is 0 Å². The molecule has 0 aliphatic carbocycles. The third kappa shape index (κ3) is 575. The molecule has 0 aliphatic rings. The van der Waals surface area contributed by atoms with Gasteiger partial charge in [0.05, 0.1) is 0 Å². The molecule has 0 atom stereocenters. The van der Waals surface area contributed by atoms with Gasteiger partial charge in [0, 0.05) is 0 Å². The average molecular weight is 160 g/mol. The Hall–Kier alpha value is 0.600. The highest BCUT2D eigenvalue weighted by Crippen LogP contribution is 1.56. The standard InChI is InChI=1S/C3H8.C2H7N.ClH.H2S/c2*1-3-2;;/h3H2,1-2H3;3H,1-2H3;1H;1H2. The third-order valence-corrected chi connectivity index (χ3v) is 0. The first kappa shape index (κ1) is 23.5. The van der Waals surface area contributed by atoms with Gasteiger partial charge in [-0.3, -0.25) is 0 Å². The second-order valence-electron chi connectivity index (χ2n) is 1.21. The number of nitrogens with one attached hydrogen (secondary N) is 1. The second kappa shape index (κ2) is 49.0. The quantitative estimate of drug-likeness (QED) is 0.569.